The van der Waals surface area contributed by atoms with E-state index >= 15 is 0 Å². The van der Waals surface area contributed by atoms with E-state index in [1.165, 1.54) is 0 Å². The molecule has 176 valence electrons. The van der Waals surface area contributed by atoms with Crippen LogP contribution in [0, 0.1) is 53.8 Å². The van der Waals surface area contributed by atoms with Gasteiger partial charge in [0.1, 0.15) is 0 Å². The van der Waals surface area contributed by atoms with Crippen LogP contribution in [-0.2, 0) is 23.8 Å². The molecule has 0 N–H and O–H groups in total. The molecule has 4 aliphatic rings. The number of benzene rings is 1. The van der Waals surface area contributed by atoms with Crippen LogP contribution in [0.3, 0.4) is 0 Å². The minimum Gasteiger partial charge on any atom is -0.512 e. The molecule has 34 heavy (non-hydrogen) atoms. The second-order valence-electron chi connectivity index (χ2n) is 8.86. The van der Waals surface area contributed by atoms with Crippen molar-refractivity contribution in [2.45, 2.75) is 56.5 Å². The van der Waals surface area contributed by atoms with Gasteiger partial charge in [0.05, 0.1) is 42.0 Å². The molecule has 2 saturated heterocycles. The number of aryl methyl sites for hydroxylation is 1. The van der Waals surface area contributed by atoms with Crippen LogP contribution in [-0.4, -0.2) is 39.4 Å². The van der Waals surface area contributed by atoms with Crippen LogP contribution < -0.4 is 51.4 Å². The monoisotopic (exact) mass is 508 g/mol. The Labute approximate surface area is 245 Å². The van der Waals surface area contributed by atoms with Crippen molar-refractivity contribution in [1.82, 2.24) is 0 Å². The number of nitrogens with zero attached hydrogens (tertiary/aromatic N) is 2. The Morgan fingerprint density at radius 2 is 1.38 bits per heavy atom. The molecular formula is C25H29KN2O5S. The van der Waals surface area contributed by atoms with Crippen LogP contribution in [0.15, 0.2) is 53.5 Å². The zero-order valence-corrected chi connectivity index (χ0v) is 23.9. The molecule has 7 nitrogen and oxygen atoms in total. The van der Waals surface area contributed by atoms with Gasteiger partial charge < -0.3 is 21.3 Å². The molecular weight excluding hydrogens is 479 g/mol. The average Bonchev–Trinajstić information content (AvgIpc) is 3.59. The first kappa shape index (κ1) is 29.4. The number of nitriles is 1. The minimum absolute atomic E-state index is 0. The van der Waals surface area contributed by atoms with Gasteiger partial charge in [0.2, 0.25) is 0 Å². The smallest absolute Gasteiger partial charge is 0.512 e. The van der Waals surface area contributed by atoms with Crippen molar-refractivity contribution in [2.24, 2.45) is 23.7 Å². The molecule has 0 amide bonds. The summed E-state index contributed by atoms with van der Waals surface area (Å²) in [7, 11) is -3.68. The van der Waals surface area contributed by atoms with Gasteiger partial charge in [0.25, 0.3) is 10.1 Å². The second kappa shape index (κ2) is 12.9. The summed E-state index contributed by atoms with van der Waals surface area (Å²) in [5.41, 5.74) is 1.02. The Kier molecular flexibility index (Phi) is 11.2. The molecule has 0 aliphatic carbocycles. The summed E-state index contributed by atoms with van der Waals surface area (Å²) in [5, 5.41) is 14.8. The number of rotatable bonds is 5. The molecule has 1 aromatic rings. The zero-order chi connectivity index (χ0) is 24.2. The molecule has 9 heteroatoms. The van der Waals surface area contributed by atoms with Crippen LogP contribution in [0.25, 0.3) is 0 Å². The maximum absolute atomic E-state index is 12.1. The first-order chi connectivity index (χ1) is 15.8. The Morgan fingerprint density at radius 1 is 0.912 bits per heavy atom. The standard InChI is InChI=1S/C15H18O4S.C9H11NO.CN.K/c1-10-3-5-12(6-4-10)20(16,17)18-9-13-11(2)14-7-8-15(13)19-14;1-6-7(4-5-10)9-3-2-8(6)11-9;1-2;/h3-8,11,13-15H,9H2,1-2H3;2-3,6-9H,4H2,1H3;;/q;;-1;+1/t11-,13+,14+,15-;6-,7+,8+,9-;;/m00../s1. The van der Waals surface area contributed by atoms with Gasteiger partial charge in [0, 0.05) is 18.3 Å². The fourth-order valence-electron chi connectivity index (χ4n) is 4.75. The number of ether oxygens (including phenoxy) is 2. The van der Waals surface area contributed by atoms with Crippen molar-refractivity contribution in [3.63, 3.8) is 0 Å². The predicted molar refractivity (Wildman–Crippen MR) is 120 cm³/mol. The van der Waals surface area contributed by atoms with Crippen molar-refractivity contribution in [2.75, 3.05) is 6.61 Å². The third-order valence-corrected chi connectivity index (χ3v) is 8.19. The Hall–Kier alpha value is -0.854. The summed E-state index contributed by atoms with van der Waals surface area (Å²) in [6.07, 6.45) is 9.49. The van der Waals surface area contributed by atoms with Crippen molar-refractivity contribution < 1.29 is 73.5 Å². The van der Waals surface area contributed by atoms with E-state index in [0.717, 1.165) is 5.56 Å². The maximum Gasteiger partial charge on any atom is 1.00 e. The fraction of sp³-hybridized carbons (Fsp3) is 0.520. The van der Waals surface area contributed by atoms with Gasteiger partial charge in [-0.15, -0.1) is 0 Å². The molecule has 5 rings (SSSR count). The van der Waals surface area contributed by atoms with E-state index in [2.05, 4.69) is 32.1 Å². The molecule has 4 bridgehead atoms. The van der Waals surface area contributed by atoms with Gasteiger partial charge >= 0.3 is 51.4 Å². The summed E-state index contributed by atoms with van der Waals surface area (Å²) in [6.45, 7) is 11.1. The van der Waals surface area contributed by atoms with Gasteiger partial charge in [-0.2, -0.15) is 13.7 Å². The summed E-state index contributed by atoms with van der Waals surface area (Å²) in [6, 6.07) is 8.89. The van der Waals surface area contributed by atoms with Gasteiger partial charge in [0.15, 0.2) is 0 Å². The summed E-state index contributed by atoms with van der Waals surface area (Å²) >= 11 is 0. The summed E-state index contributed by atoms with van der Waals surface area (Å²) in [4.78, 5) is 0.204. The molecule has 0 unspecified atom stereocenters. The van der Waals surface area contributed by atoms with E-state index in [1.807, 2.05) is 19.1 Å². The van der Waals surface area contributed by atoms with Gasteiger partial charge in [-0.05, 0) is 30.9 Å². The quantitative estimate of drug-likeness (QED) is 0.251. The first-order valence-electron chi connectivity index (χ1n) is 11.0. The Balaban J connectivity index is 0.000000248. The number of hydrogen-bond acceptors (Lipinski definition) is 7. The molecule has 2 fully saturated rings. The molecule has 0 spiro atoms. The molecule has 1 aromatic carbocycles. The third-order valence-electron chi connectivity index (χ3n) is 6.89. The maximum atomic E-state index is 12.1. The van der Waals surface area contributed by atoms with Crippen LogP contribution >= 0.6 is 0 Å². The third kappa shape index (κ3) is 6.47. The normalized spacial score (nSPS) is 33.8. The SMILES string of the molecule is C[C@H]1[C@@H](CC#N)[C@@H]2C=C[C@H]1O2.Cc1ccc(S(=O)(=O)OC[C@@H]2[C@H](C)[C@H]3C=C[C@@H]2O3)cc1.[C-]#N.[K+]. The summed E-state index contributed by atoms with van der Waals surface area (Å²) in [5.74, 6) is 1.36. The van der Waals surface area contributed by atoms with Crippen LogP contribution in [0.1, 0.15) is 25.8 Å². The molecule has 0 aromatic heterocycles. The Bertz CT molecular complexity index is 1050. The van der Waals surface area contributed by atoms with E-state index in [1.54, 1.807) is 24.3 Å². The van der Waals surface area contributed by atoms with E-state index in [-0.39, 0.29) is 87.1 Å². The van der Waals surface area contributed by atoms with Gasteiger partial charge in [-0.25, -0.2) is 0 Å². The van der Waals surface area contributed by atoms with E-state index < -0.39 is 10.1 Å². The summed E-state index contributed by atoms with van der Waals surface area (Å²) < 4.78 is 40.8. The average molecular weight is 509 g/mol. The number of fused-ring (bicyclic) bond motifs is 4. The number of hydrogen-bond donors (Lipinski definition) is 0. The van der Waals surface area contributed by atoms with Crippen LogP contribution in [0.5, 0.6) is 0 Å². The topological polar surface area (TPSA) is 109 Å². The molecule has 0 radical (unpaired) electrons. The second-order valence-corrected chi connectivity index (χ2v) is 10.5. The van der Waals surface area contributed by atoms with Crippen molar-refractivity contribution in [3.05, 3.63) is 60.7 Å². The predicted octanol–water partition coefficient (Wildman–Crippen LogP) is 0.880. The zero-order valence-electron chi connectivity index (χ0n) is 20.0. The van der Waals surface area contributed by atoms with E-state index in [9.17, 15) is 8.42 Å². The van der Waals surface area contributed by atoms with Crippen LogP contribution in [0.2, 0.25) is 0 Å². The molecule has 8 atom stereocenters. The van der Waals surface area contributed by atoms with E-state index in [0.29, 0.717) is 30.3 Å². The molecule has 4 heterocycles. The van der Waals surface area contributed by atoms with Gasteiger partial charge in [-0.1, -0.05) is 55.8 Å². The largest absolute Gasteiger partial charge is 1.00 e. The molecule has 4 aliphatic heterocycles. The van der Waals surface area contributed by atoms with E-state index in [4.69, 9.17) is 30.8 Å². The van der Waals surface area contributed by atoms with Crippen molar-refractivity contribution in [3.8, 4) is 6.07 Å². The van der Waals surface area contributed by atoms with Gasteiger partial charge in [-0.3, -0.25) is 4.18 Å². The Morgan fingerprint density at radius 3 is 1.82 bits per heavy atom. The minimum atomic E-state index is -3.68. The van der Waals surface area contributed by atoms with Crippen molar-refractivity contribution >= 4 is 10.1 Å². The fourth-order valence-corrected chi connectivity index (χ4v) is 5.69. The van der Waals surface area contributed by atoms with Crippen molar-refractivity contribution in [1.29, 1.82) is 10.5 Å². The first-order valence-corrected chi connectivity index (χ1v) is 12.4. The molecule has 0 saturated carbocycles. The van der Waals surface area contributed by atoms with Crippen LogP contribution in [0.4, 0.5) is 0 Å².